The molecule has 1 unspecified atom stereocenters. The molecule has 1 rings (SSSR count). The van der Waals surface area contributed by atoms with Crippen molar-refractivity contribution in [3.63, 3.8) is 0 Å². The van der Waals surface area contributed by atoms with E-state index in [1.807, 2.05) is 0 Å². The number of methoxy groups -OCH3 is 2. The summed E-state index contributed by atoms with van der Waals surface area (Å²) >= 11 is 0.924. The van der Waals surface area contributed by atoms with Crippen LogP contribution in [0.15, 0.2) is 17.0 Å². The van der Waals surface area contributed by atoms with Gasteiger partial charge in [0.25, 0.3) is 5.69 Å². The van der Waals surface area contributed by atoms with Crippen molar-refractivity contribution < 1.29 is 24.3 Å². The van der Waals surface area contributed by atoms with Crippen molar-refractivity contribution in [3.05, 3.63) is 22.2 Å². The van der Waals surface area contributed by atoms with Gasteiger partial charge in [0, 0.05) is 6.07 Å². The Hall–Kier alpha value is -1.96. The average molecular weight is 301 g/mol. The minimum Gasteiger partial charge on any atom is -0.493 e. The molecular weight excluding hydrogens is 286 g/mol. The van der Waals surface area contributed by atoms with Crippen LogP contribution in [0.1, 0.15) is 13.3 Å². The molecule has 0 amide bonds. The summed E-state index contributed by atoms with van der Waals surface area (Å²) in [7, 11) is 2.78. The molecule has 0 aliphatic carbocycles. The van der Waals surface area contributed by atoms with Crippen LogP contribution in [0.4, 0.5) is 5.69 Å². The lowest BCUT2D eigenvalue weighted by molar-refractivity contribution is -0.387. The van der Waals surface area contributed by atoms with Gasteiger partial charge in [0.1, 0.15) is 5.25 Å². The zero-order chi connectivity index (χ0) is 15.3. The summed E-state index contributed by atoms with van der Waals surface area (Å²) in [5.74, 6) is -0.464. The molecule has 0 radical (unpaired) electrons. The van der Waals surface area contributed by atoms with Crippen molar-refractivity contribution in [1.82, 2.24) is 0 Å². The van der Waals surface area contributed by atoms with Crippen LogP contribution < -0.4 is 9.47 Å². The van der Waals surface area contributed by atoms with Gasteiger partial charge in [-0.2, -0.15) is 0 Å². The molecule has 1 aromatic carbocycles. The lowest BCUT2D eigenvalue weighted by atomic mass is 10.3. The third-order valence-electron chi connectivity index (χ3n) is 2.58. The van der Waals surface area contributed by atoms with Crippen LogP contribution in [0.25, 0.3) is 0 Å². The van der Waals surface area contributed by atoms with Crippen LogP contribution in [-0.4, -0.2) is 35.5 Å². The van der Waals surface area contributed by atoms with Gasteiger partial charge in [-0.15, -0.1) is 11.8 Å². The van der Waals surface area contributed by atoms with Gasteiger partial charge >= 0.3 is 5.97 Å². The molecule has 0 spiro atoms. The van der Waals surface area contributed by atoms with Crippen LogP contribution >= 0.6 is 11.8 Å². The lowest BCUT2D eigenvalue weighted by Crippen LogP contribution is -2.15. The highest BCUT2D eigenvalue weighted by atomic mass is 32.2. The normalized spacial score (nSPS) is 11.8. The lowest BCUT2D eigenvalue weighted by Gasteiger charge is -2.13. The van der Waals surface area contributed by atoms with Crippen molar-refractivity contribution in [2.24, 2.45) is 0 Å². The Kier molecular flexibility index (Phi) is 5.63. The van der Waals surface area contributed by atoms with Gasteiger partial charge in [0.2, 0.25) is 0 Å². The second-order valence-corrected chi connectivity index (χ2v) is 5.03. The van der Waals surface area contributed by atoms with E-state index in [1.54, 1.807) is 6.92 Å². The number of rotatable bonds is 7. The van der Waals surface area contributed by atoms with Gasteiger partial charge in [0.15, 0.2) is 11.5 Å². The minimum atomic E-state index is -1.01. The van der Waals surface area contributed by atoms with Gasteiger partial charge in [-0.05, 0) is 6.42 Å². The molecular formula is C12H15NO6S. The molecule has 1 N–H and O–H groups in total. The zero-order valence-corrected chi connectivity index (χ0v) is 12.1. The Labute approximate surface area is 120 Å². The molecule has 0 bridgehead atoms. The Balaban J connectivity index is 3.28. The van der Waals surface area contributed by atoms with Gasteiger partial charge in [0.05, 0.1) is 30.1 Å². The first kappa shape index (κ1) is 16.1. The summed E-state index contributed by atoms with van der Waals surface area (Å²) in [6.45, 7) is 1.71. The number of hydrogen-bond acceptors (Lipinski definition) is 6. The number of aliphatic carboxylic acids is 1. The summed E-state index contributed by atoms with van der Waals surface area (Å²) in [6, 6.07) is 2.66. The fraction of sp³-hybridized carbons (Fsp3) is 0.417. The summed E-state index contributed by atoms with van der Waals surface area (Å²) in [5.41, 5.74) is -0.202. The molecule has 0 fully saturated rings. The van der Waals surface area contributed by atoms with E-state index in [9.17, 15) is 14.9 Å². The highest BCUT2D eigenvalue weighted by Gasteiger charge is 2.25. The fourth-order valence-corrected chi connectivity index (χ4v) is 2.55. The molecule has 110 valence electrons. The van der Waals surface area contributed by atoms with E-state index in [0.717, 1.165) is 11.8 Å². The largest absolute Gasteiger partial charge is 0.493 e. The van der Waals surface area contributed by atoms with E-state index >= 15 is 0 Å². The maximum Gasteiger partial charge on any atom is 0.316 e. The summed E-state index contributed by atoms with van der Waals surface area (Å²) in [4.78, 5) is 21.8. The Bertz CT molecular complexity index is 519. The third kappa shape index (κ3) is 3.53. The summed E-state index contributed by atoms with van der Waals surface area (Å²) < 4.78 is 10.1. The molecule has 0 aliphatic heterocycles. The molecule has 8 heteroatoms. The maximum absolute atomic E-state index is 11.1. The standard InChI is InChI=1S/C12H15NO6S/c1-4-10(12(14)15)20-11-6-9(19-3)8(18-2)5-7(11)13(16)17/h5-6,10H,4H2,1-3H3,(H,14,15). The number of carbonyl (C=O) groups is 1. The van der Waals surface area contributed by atoms with Crippen molar-refractivity contribution in [3.8, 4) is 11.5 Å². The number of nitro groups is 1. The number of carboxylic acid groups (broad SMARTS) is 1. The predicted molar refractivity (Wildman–Crippen MR) is 73.8 cm³/mol. The van der Waals surface area contributed by atoms with Crippen molar-refractivity contribution in [2.75, 3.05) is 14.2 Å². The molecule has 0 heterocycles. The topological polar surface area (TPSA) is 98.9 Å². The van der Waals surface area contributed by atoms with Gasteiger partial charge in [-0.3, -0.25) is 14.9 Å². The van der Waals surface area contributed by atoms with Crippen molar-refractivity contribution in [2.45, 2.75) is 23.5 Å². The van der Waals surface area contributed by atoms with Crippen LogP contribution in [0.3, 0.4) is 0 Å². The first-order valence-corrected chi connectivity index (χ1v) is 6.62. The number of benzene rings is 1. The SMILES string of the molecule is CCC(Sc1cc(OC)c(OC)cc1[N+](=O)[O-])C(=O)O. The van der Waals surface area contributed by atoms with Gasteiger partial charge in [-0.25, -0.2) is 0 Å². The summed E-state index contributed by atoms with van der Waals surface area (Å²) in [5, 5.41) is 19.4. The quantitative estimate of drug-likeness (QED) is 0.469. The van der Waals surface area contributed by atoms with E-state index in [1.165, 1.54) is 26.4 Å². The number of thioether (sulfide) groups is 1. The number of nitro benzene ring substituents is 1. The van der Waals surface area contributed by atoms with E-state index in [4.69, 9.17) is 14.6 Å². The second-order valence-electron chi connectivity index (χ2n) is 3.79. The van der Waals surface area contributed by atoms with Crippen molar-refractivity contribution >= 4 is 23.4 Å². The first-order valence-electron chi connectivity index (χ1n) is 5.74. The molecule has 20 heavy (non-hydrogen) atoms. The maximum atomic E-state index is 11.1. The monoisotopic (exact) mass is 301 g/mol. The Morgan fingerprint density at radius 2 is 1.95 bits per heavy atom. The number of ether oxygens (including phenoxy) is 2. The van der Waals surface area contributed by atoms with E-state index < -0.39 is 16.1 Å². The Morgan fingerprint density at radius 3 is 2.35 bits per heavy atom. The van der Waals surface area contributed by atoms with Crippen LogP contribution in [0.2, 0.25) is 0 Å². The van der Waals surface area contributed by atoms with E-state index in [-0.39, 0.29) is 16.3 Å². The molecule has 1 aromatic rings. The molecule has 0 saturated heterocycles. The van der Waals surface area contributed by atoms with E-state index in [2.05, 4.69) is 0 Å². The average Bonchev–Trinajstić information content (AvgIpc) is 2.43. The first-order chi connectivity index (χ1) is 9.44. The highest BCUT2D eigenvalue weighted by molar-refractivity contribution is 8.00. The second kappa shape index (κ2) is 6.99. The number of nitrogens with zero attached hydrogens (tertiary/aromatic N) is 1. The van der Waals surface area contributed by atoms with Crippen molar-refractivity contribution in [1.29, 1.82) is 0 Å². The number of carboxylic acids is 1. The van der Waals surface area contributed by atoms with Gasteiger partial charge in [-0.1, -0.05) is 6.92 Å². The highest BCUT2D eigenvalue weighted by Crippen LogP contribution is 2.41. The van der Waals surface area contributed by atoms with Crippen LogP contribution in [0, 0.1) is 10.1 Å². The molecule has 0 saturated carbocycles. The smallest absolute Gasteiger partial charge is 0.316 e. The predicted octanol–water partition coefficient (Wildman–Crippen LogP) is 2.57. The molecule has 0 aromatic heterocycles. The fourth-order valence-electron chi connectivity index (χ4n) is 1.55. The number of hydrogen-bond donors (Lipinski definition) is 1. The van der Waals surface area contributed by atoms with Crippen LogP contribution in [0.5, 0.6) is 11.5 Å². The molecule has 0 aliphatic rings. The summed E-state index contributed by atoms with van der Waals surface area (Å²) in [6.07, 6.45) is 0.353. The Morgan fingerprint density at radius 1 is 1.40 bits per heavy atom. The van der Waals surface area contributed by atoms with E-state index in [0.29, 0.717) is 12.2 Å². The van der Waals surface area contributed by atoms with Gasteiger partial charge < -0.3 is 14.6 Å². The minimum absolute atomic E-state index is 0.202. The molecule has 7 nitrogen and oxygen atoms in total. The molecule has 1 atom stereocenters. The third-order valence-corrected chi connectivity index (χ3v) is 3.98. The van der Waals surface area contributed by atoms with Crippen LogP contribution in [-0.2, 0) is 4.79 Å². The zero-order valence-electron chi connectivity index (χ0n) is 11.3.